The molecule has 202 valence electrons. The molecular formula is C35H40N2O2. The predicted octanol–water partition coefficient (Wildman–Crippen LogP) is 7.00. The van der Waals surface area contributed by atoms with Crippen LogP contribution in [0.2, 0.25) is 0 Å². The topological polar surface area (TPSA) is 40.6 Å². The van der Waals surface area contributed by atoms with E-state index in [0.717, 1.165) is 76.7 Å². The number of nitrogens with zero attached hydrogens (tertiary/aromatic N) is 2. The minimum atomic E-state index is -0.513. The Morgan fingerprint density at radius 1 is 0.821 bits per heavy atom. The highest BCUT2D eigenvalue weighted by Gasteiger charge is 2.47. The highest BCUT2D eigenvalue weighted by atomic mass is 16.2. The van der Waals surface area contributed by atoms with Crippen molar-refractivity contribution in [3.8, 4) is 11.1 Å². The van der Waals surface area contributed by atoms with Gasteiger partial charge >= 0.3 is 0 Å². The van der Waals surface area contributed by atoms with Crippen LogP contribution in [-0.4, -0.2) is 47.2 Å². The summed E-state index contributed by atoms with van der Waals surface area (Å²) in [5, 5.41) is 0. The highest BCUT2D eigenvalue weighted by Crippen LogP contribution is 2.52. The van der Waals surface area contributed by atoms with E-state index in [1.165, 1.54) is 27.8 Å². The van der Waals surface area contributed by atoms with Gasteiger partial charge in [-0.05, 0) is 72.5 Å². The van der Waals surface area contributed by atoms with Gasteiger partial charge in [-0.15, -0.1) is 0 Å². The van der Waals surface area contributed by atoms with Gasteiger partial charge in [0.05, 0.1) is 5.41 Å². The van der Waals surface area contributed by atoms with Gasteiger partial charge in [-0.1, -0.05) is 86.5 Å². The zero-order chi connectivity index (χ0) is 26.8. The van der Waals surface area contributed by atoms with Gasteiger partial charge in [-0.3, -0.25) is 9.59 Å². The van der Waals surface area contributed by atoms with Crippen molar-refractivity contribution in [3.05, 3.63) is 95.1 Å². The van der Waals surface area contributed by atoms with E-state index in [4.69, 9.17) is 0 Å². The monoisotopic (exact) mass is 520 g/mol. The molecule has 1 amide bonds. The minimum absolute atomic E-state index is 0.208. The van der Waals surface area contributed by atoms with Crippen molar-refractivity contribution < 1.29 is 9.59 Å². The van der Waals surface area contributed by atoms with Crippen LogP contribution >= 0.6 is 0 Å². The third kappa shape index (κ3) is 4.63. The Kier molecular flexibility index (Phi) is 7.40. The van der Waals surface area contributed by atoms with Crippen LogP contribution in [0.25, 0.3) is 11.1 Å². The van der Waals surface area contributed by atoms with Crippen molar-refractivity contribution in [3.63, 3.8) is 0 Å². The van der Waals surface area contributed by atoms with Crippen LogP contribution in [0, 0.1) is 0 Å². The Balaban J connectivity index is 1.09. The molecule has 1 aliphatic carbocycles. The number of Topliss-reactive ketones (excluding diaryl/α,β-unsaturated/α-hetero) is 1. The zero-order valence-corrected chi connectivity index (χ0v) is 23.2. The number of carbonyl (C=O) groups excluding carboxylic acids is 2. The van der Waals surface area contributed by atoms with Crippen LogP contribution < -0.4 is 0 Å². The van der Waals surface area contributed by atoms with Gasteiger partial charge in [0.15, 0.2) is 0 Å². The van der Waals surface area contributed by atoms with E-state index in [2.05, 4.69) is 71.3 Å². The van der Waals surface area contributed by atoms with Gasteiger partial charge < -0.3 is 9.80 Å². The SMILES string of the molecule is CCCCC(=O)C1(CCCCN2CCC(N3Cc4ccccc4C3=O)CC2)c2ccccc2-c2ccccc21. The van der Waals surface area contributed by atoms with E-state index < -0.39 is 5.41 Å². The molecule has 3 aromatic rings. The van der Waals surface area contributed by atoms with Crippen molar-refractivity contribution in [2.45, 2.75) is 76.3 Å². The number of piperidine rings is 1. The number of amides is 1. The number of hydrogen-bond acceptors (Lipinski definition) is 3. The molecule has 0 radical (unpaired) electrons. The van der Waals surface area contributed by atoms with Crippen molar-refractivity contribution in [1.29, 1.82) is 0 Å². The Morgan fingerprint density at radius 2 is 1.44 bits per heavy atom. The summed E-state index contributed by atoms with van der Waals surface area (Å²) in [6.45, 7) is 6.06. The second kappa shape index (κ2) is 11.1. The van der Waals surface area contributed by atoms with Crippen LogP contribution in [-0.2, 0) is 16.8 Å². The minimum Gasteiger partial charge on any atom is -0.331 e. The van der Waals surface area contributed by atoms with Crippen molar-refractivity contribution in [2.24, 2.45) is 0 Å². The molecule has 3 aromatic carbocycles. The number of carbonyl (C=O) groups is 2. The number of benzene rings is 3. The van der Waals surface area contributed by atoms with E-state index in [9.17, 15) is 9.59 Å². The first-order valence-electron chi connectivity index (χ1n) is 15.0. The van der Waals surface area contributed by atoms with E-state index >= 15 is 0 Å². The van der Waals surface area contributed by atoms with Crippen LogP contribution in [0.4, 0.5) is 0 Å². The van der Waals surface area contributed by atoms with Crippen LogP contribution in [0.15, 0.2) is 72.8 Å². The molecule has 1 saturated heterocycles. The summed E-state index contributed by atoms with van der Waals surface area (Å²) in [6, 6.07) is 25.6. The van der Waals surface area contributed by atoms with Gasteiger partial charge in [0.2, 0.25) is 0 Å². The predicted molar refractivity (Wildman–Crippen MR) is 157 cm³/mol. The zero-order valence-electron chi connectivity index (χ0n) is 23.2. The van der Waals surface area contributed by atoms with Crippen molar-refractivity contribution >= 4 is 11.7 Å². The lowest BCUT2D eigenvalue weighted by Gasteiger charge is -2.37. The van der Waals surface area contributed by atoms with Gasteiger partial charge in [0.1, 0.15) is 5.78 Å². The second-order valence-electron chi connectivity index (χ2n) is 11.6. The molecule has 0 saturated carbocycles. The molecule has 2 heterocycles. The molecule has 39 heavy (non-hydrogen) atoms. The molecule has 6 rings (SSSR count). The molecule has 4 nitrogen and oxygen atoms in total. The summed E-state index contributed by atoms with van der Waals surface area (Å²) < 4.78 is 0. The number of fused-ring (bicyclic) bond motifs is 4. The maximum atomic E-state index is 14.0. The molecule has 0 bridgehead atoms. The molecule has 0 N–H and O–H groups in total. The molecule has 2 aliphatic heterocycles. The summed E-state index contributed by atoms with van der Waals surface area (Å²) in [5.41, 5.74) is 6.44. The van der Waals surface area contributed by atoms with E-state index in [1.807, 2.05) is 18.2 Å². The molecule has 1 fully saturated rings. The Morgan fingerprint density at radius 3 is 2.08 bits per heavy atom. The maximum absolute atomic E-state index is 14.0. The second-order valence-corrected chi connectivity index (χ2v) is 11.6. The van der Waals surface area contributed by atoms with Gasteiger partial charge in [-0.2, -0.15) is 0 Å². The number of ketones is 1. The molecule has 0 spiro atoms. The average molecular weight is 521 g/mol. The fraction of sp³-hybridized carbons (Fsp3) is 0.429. The first-order chi connectivity index (χ1) is 19.1. The lowest BCUT2D eigenvalue weighted by molar-refractivity contribution is -0.123. The fourth-order valence-electron chi connectivity index (χ4n) is 7.34. The van der Waals surface area contributed by atoms with E-state index in [0.29, 0.717) is 18.2 Å². The quantitative estimate of drug-likeness (QED) is 0.270. The molecule has 0 unspecified atom stereocenters. The summed E-state index contributed by atoms with van der Waals surface area (Å²) in [7, 11) is 0. The third-order valence-corrected chi connectivity index (χ3v) is 9.42. The van der Waals surface area contributed by atoms with E-state index in [-0.39, 0.29) is 5.91 Å². The number of rotatable bonds is 10. The van der Waals surface area contributed by atoms with Gasteiger partial charge in [0.25, 0.3) is 5.91 Å². The smallest absolute Gasteiger partial charge is 0.254 e. The summed E-state index contributed by atoms with van der Waals surface area (Å²) >= 11 is 0. The normalized spacial score (nSPS) is 18.2. The number of hydrogen-bond donors (Lipinski definition) is 0. The molecule has 0 aromatic heterocycles. The average Bonchev–Trinajstić information content (AvgIpc) is 3.47. The number of likely N-dealkylation sites (tertiary alicyclic amines) is 1. The maximum Gasteiger partial charge on any atom is 0.254 e. The van der Waals surface area contributed by atoms with Gasteiger partial charge in [0, 0.05) is 37.7 Å². The van der Waals surface area contributed by atoms with Crippen LogP contribution in [0.1, 0.15) is 85.3 Å². The lowest BCUT2D eigenvalue weighted by atomic mass is 9.70. The number of unbranched alkanes of at least 4 members (excludes halogenated alkanes) is 2. The molecule has 4 heteroatoms. The van der Waals surface area contributed by atoms with Gasteiger partial charge in [-0.25, -0.2) is 0 Å². The Bertz CT molecular complexity index is 1310. The standard InChI is InChI=1S/C35H40N2O2/c1-2-3-18-33(38)35(31-16-8-6-14-29(31)30-15-7-9-17-32(30)35)21-10-11-22-36-23-19-27(20-24-36)37-25-26-12-4-5-13-28(26)34(37)39/h4-9,12-17,27H,2-3,10-11,18-25H2,1H3. The third-order valence-electron chi connectivity index (χ3n) is 9.42. The summed E-state index contributed by atoms with van der Waals surface area (Å²) in [5.74, 6) is 0.595. The largest absolute Gasteiger partial charge is 0.331 e. The van der Waals surface area contributed by atoms with Crippen molar-refractivity contribution in [2.75, 3.05) is 19.6 Å². The molecular weight excluding hydrogens is 480 g/mol. The first kappa shape index (κ1) is 26.0. The molecule has 3 aliphatic rings. The Hall–Kier alpha value is -3.24. The van der Waals surface area contributed by atoms with Crippen molar-refractivity contribution in [1.82, 2.24) is 9.80 Å². The fourth-order valence-corrected chi connectivity index (χ4v) is 7.34. The molecule has 0 atom stereocenters. The first-order valence-corrected chi connectivity index (χ1v) is 15.0. The van der Waals surface area contributed by atoms with Crippen LogP contribution in [0.5, 0.6) is 0 Å². The summed E-state index contributed by atoms with van der Waals surface area (Å²) in [4.78, 5) is 31.6. The van der Waals surface area contributed by atoms with Crippen LogP contribution in [0.3, 0.4) is 0 Å². The lowest BCUT2D eigenvalue weighted by Crippen LogP contribution is -2.45. The highest BCUT2D eigenvalue weighted by molar-refractivity contribution is 6.01. The Labute approximate surface area is 233 Å². The summed E-state index contributed by atoms with van der Waals surface area (Å²) in [6.07, 6.45) is 7.71. The van der Waals surface area contributed by atoms with E-state index in [1.54, 1.807) is 0 Å².